The van der Waals surface area contributed by atoms with Gasteiger partial charge in [0, 0.05) is 7.05 Å². The molecule has 1 aromatic rings. The van der Waals surface area contributed by atoms with Crippen LogP contribution < -0.4 is 0 Å². The maximum Gasteiger partial charge on any atom is 0.435 e. The van der Waals surface area contributed by atoms with Crippen molar-refractivity contribution in [2.24, 2.45) is 7.05 Å². The van der Waals surface area contributed by atoms with Crippen molar-refractivity contribution in [3.05, 3.63) is 11.4 Å². The predicted octanol–water partition coefficient (Wildman–Crippen LogP) is 2.66. The molecule has 1 aromatic heterocycles. The summed E-state index contributed by atoms with van der Waals surface area (Å²) in [4.78, 5) is 0. The van der Waals surface area contributed by atoms with Crippen LogP contribution in [0.15, 0.2) is 0 Å². The minimum absolute atomic E-state index is 0.511. The van der Waals surface area contributed by atoms with Crippen LogP contribution >= 0.6 is 34.8 Å². The topological polar surface area (TPSA) is 30.7 Å². The summed E-state index contributed by atoms with van der Waals surface area (Å²) in [5, 5.41) is 6.29. The van der Waals surface area contributed by atoms with Gasteiger partial charge < -0.3 is 0 Å². The molecule has 0 aliphatic rings. The average Bonchev–Trinajstić information content (AvgIpc) is 2.27. The van der Waals surface area contributed by atoms with Crippen LogP contribution in [0.4, 0.5) is 13.2 Å². The van der Waals surface area contributed by atoms with Crippen molar-refractivity contribution in [1.82, 2.24) is 15.0 Å². The normalized spacial score (nSPS) is 13.4. The van der Waals surface area contributed by atoms with E-state index in [0.29, 0.717) is 4.68 Å². The first-order chi connectivity index (χ1) is 6.14. The van der Waals surface area contributed by atoms with E-state index in [1.807, 2.05) is 0 Å². The number of hydrogen-bond acceptors (Lipinski definition) is 2. The molecule has 0 aliphatic carbocycles. The van der Waals surface area contributed by atoms with Gasteiger partial charge in [0.05, 0.1) is 0 Å². The molecule has 14 heavy (non-hydrogen) atoms. The van der Waals surface area contributed by atoms with E-state index < -0.39 is 21.4 Å². The molecule has 0 aliphatic heterocycles. The van der Waals surface area contributed by atoms with Gasteiger partial charge in [0.15, 0.2) is 5.69 Å². The second-order valence-corrected chi connectivity index (χ2v) is 4.69. The van der Waals surface area contributed by atoms with Gasteiger partial charge in [0.25, 0.3) is 0 Å². The van der Waals surface area contributed by atoms with Crippen LogP contribution in [0.5, 0.6) is 0 Å². The Hall–Kier alpha value is -0.200. The second-order valence-electron chi connectivity index (χ2n) is 2.41. The van der Waals surface area contributed by atoms with Gasteiger partial charge in [-0.2, -0.15) is 13.2 Å². The van der Waals surface area contributed by atoms with Crippen LogP contribution in [0.25, 0.3) is 0 Å². The van der Waals surface area contributed by atoms with Crippen molar-refractivity contribution in [2.75, 3.05) is 0 Å². The lowest BCUT2D eigenvalue weighted by molar-refractivity contribution is -0.144. The van der Waals surface area contributed by atoms with Crippen molar-refractivity contribution in [2.45, 2.75) is 9.97 Å². The van der Waals surface area contributed by atoms with Crippen molar-refractivity contribution in [1.29, 1.82) is 0 Å². The molecule has 80 valence electrons. The first kappa shape index (κ1) is 11.9. The fourth-order valence-corrected chi connectivity index (χ4v) is 1.25. The molecule has 1 heterocycles. The number of halogens is 6. The minimum atomic E-state index is -4.66. The Kier molecular flexibility index (Phi) is 2.91. The van der Waals surface area contributed by atoms with Gasteiger partial charge in [0.1, 0.15) is 5.69 Å². The van der Waals surface area contributed by atoms with Crippen LogP contribution in [-0.4, -0.2) is 15.0 Å². The first-order valence-electron chi connectivity index (χ1n) is 3.18. The third-order valence-corrected chi connectivity index (χ3v) is 1.90. The van der Waals surface area contributed by atoms with Gasteiger partial charge >= 0.3 is 6.18 Å². The molecule has 3 nitrogen and oxygen atoms in total. The number of nitrogens with zero attached hydrogens (tertiary/aromatic N) is 3. The Morgan fingerprint density at radius 2 is 1.71 bits per heavy atom. The molecular formula is C5H3Cl3F3N3. The van der Waals surface area contributed by atoms with Gasteiger partial charge in [-0.15, -0.1) is 5.10 Å². The summed E-state index contributed by atoms with van der Waals surface area (Å²) in [6.07, 6.45) is -4.66. The summed E-state index contributed by atoms with van der Waals surface area (Å²) in [7, 11) is 1.07. The van der Waals surface area contributed by atoms with E-state index in [9.17, 15) is 13.2 Å². The van der Waals surface area contributed by atoms with Gasteiger partial charge in [-0.3, -0.25) is 0 Å². The molecule has 0 N–H and O–H groups in total. The molecule has 9 heteroatoms. The number of rotatable bonds is 0. The molecule has 0 bridgehead atoms. The van der Waals surface area contributed by atoms with Crippen LogP contribution in [0.2, 0.25) is 0 Å². The molecule has 0 fully saturated rings. The Bertz CT molecular complexity index is 340. The summed E-state index contributed by atoms with van der Waals surface area (Å²) in [6, 6.07) is 0. The lowest BCUT2D eigenvalue weighted by atomic mass is 10.3. The minimum Gasteiger partial charge on any atom is -0.243 e. The predicted molar refractivity (Wildman–Crippen MR) is 45.2 cm³/mol. The van der Waals surface area contributed by atoms with E-state index in [1.165, 1.54) is 0 Å². The molecule has 0 unspecified atom stereocenters. The summed E-state index contributed by atoms with van der Waals surface area (Å²) in [5.74, 6) is 0. The largest absolute Gasteiger partial charge is 0.435 e. The van der Waals surface area contributed by atoms with E-state index in [4.69, 9.17) is 34.8 Å². The van der Waals surface area contributed by atoms with Gasteiger partial charge in [0.2, 0.25) is 3.79 Å². The van der Waals surface area contributed by atoms with E-state index in [0.717, 1.165) is 7.05 Å². The molecule has 0 saturated carbocycles. The molecular weight excluding hydrogens is 265 g/mol. The van der Waals surface area contributed by atoms with Crippen LogP contribution in [0.3, 0.4) is 0 Å². The summed E-state index contributed by atoms with van der Waals surface area (Å²) >= 11 is 15.9. The maximum absolute atomic E-state index is 12.4. The lowest BCUT2D eigenvalue weighted by Crippen LogP contribution is -2.17. The lowest BCUT2D eigenvalue weighted by Gasteiger charge is -2.12. The SMILES string of the molecule is Cn1nnc(C(Cl)(Cl)Cl)c1C(F)(F)F. The standard InChI is InChI=1S/C5H3Cl3F3N3/c1-14-3(5(9,10)11)2(12-13-14)4(6,7)8/h1H3. The van der Waals surface area contributed by atoms with Crippen molar-refractivity contribution in [3.8, 4) is 0 Å². The van der Waals surface area contributed by atoms with Crippen molar-refractivity contribution < 1.29 is 13.2 Å². The molecule has 0 saturated heterocycles. The van der Waals surface area contributed by atoms with Crippen molar-refractivity contribution in [3.63, 3.8) is 0 Å². The monoisotopic (exact) mass is 267 g/mol. The van der Waals surface area contributed by atoms with Crippen LogP contribution in [0.1, 0.15) is 11.4 Å². The molecule has 1 rings (SSSR count). The second kappa shape index (κ2) is 3.43. The number of alkyl halides is 6. The summed E-state index contributed by atoms with van der Waals surface area (Å²) < 4.78 is 35.5. The Labute approximate surface area is 91.7 Å². The number of aryl methyl sites for hydroxylation is 1. The maximum atomic E-state index is 12.4. The van der Waals surface area contributed by atoms with E-state index >= 15 is 0 Å². The Balaban J connectivity index is 3.35. The summed E-state index contributed by atoms with van der Waals surface area (Å²) in [6.45, 7) is 0. The zero-order valence-electron chi connectivity index (χ0n) is 6.61. The molecule has 0 atom stereocenters. The quantitative estimate of drug-likeness (QED) is 0.677. The number of hydrogen-bond donors (Lipinski definition) is 0. The summed E-state index contributed by atoms with van der Waals surface area (Å²) in [5.41, 5.74) is -1.89. The Morgan fingerprint density at radius 1 is 1.21 bits per heavy atom. The third kappa shape index (κ3) is 2.24. The van der Waals surface area contributed by atoms with Gasteiger partial charge in [-0.1, -0.05) is 40.0 Å². The molecule has 0 aromatic carbocycles. The third-order valence-electron chi connectivity index (χ3n) is 1.36. The highest BCUT2D eigenvalue weighted by Crippen LogP contribution is 2.43. The van der Waals surface area contributed by atoms with Crippen LogP contribution in [-0.2, 0) is 17.0 Å². The first-order valence-corrected chi connectivity index (χ1v) is 4.31. The molecule has 0 spiro atoms. The zero-order valence-corrected chi connectivity index (χ0v) is 8.88. The fourth-order valence-electron chi connectivity index (χ4n) is 0.866. The molecule has 0 amide bonds. The average molecular weight is 268 g/mol. The fraction of sp³-hybridized carbons (Fsp3) is 0.600. The number of aromatic nitrogens is 3. The highest BCUT2D eigenvalue weighted by Gasteiger charge is 2.44. The highest BCUT2D eigenvalue weighted by molar-refractivity contribution is 6.66. The van der Waals surface area contributed by atoms with E-state index in [2.05, 4.69) is 10.3 Å². The van der Waals surface area contributed by atoms with E-state index in [-0.39, 0.29) is 0 Å². The van der Waals surface area contributed by atoms with Crippen molar-refractivity contribution >= 4 is 34.8 Å². The molecule has 0 radical (unpaired) electrons. The Morgan fingerprint density at radius 3 is 2.00 bits per heavy atom. The van der Waals surface area contributed by atoms with Gasteiger partial charge in [-0.25, -0.2) is 4.68 Å². The smallest absolute Gasteiger partial charge is 0.243 e. The highest BCUT2D eigenvalue weighted by atomic mass is 35.6. The van der Waals surface area contributed by atoms with Crippen LogP contribution in [0, 0.1) is 0 Å². The zero-order chi connectivity index (χ0) is 11.1. The van der Waals surface area contributed by atoms with Gasteiger partial charge in [-0.05, 0) is 0 Å². The van der Waals surface area contributed by atoms with E-state index in [1.54, 1.807) is 0 Å².